The average molecular weight is 397 g/mol. The fourth-order valence-corrected chi connectivity index (χ4v) is 6.46. The van der Waals surface area contributed by atoms with E-state index in [1.807, 2.05) is 0 Å². The molecule has 1 rings (SSSR count). The summed E-state index contributed by atoms with van der Waals surface area (Å²) in [6.45, 7) is 7.83. The molecule has 0 aromatic rings. The molecule has 0 spiro atoms. The van der Waals surface area contributed by atoms with Crippen LogP contribution in [0.3, 0.4) is 0 Å². The van der Waals surface area contributed by atoms with Crippen molar-refractivity contribution >= 4 is 15.2 Å². The molecule has 1 saturated carbocycles. The smallest absolute Gasteiger partial charge is 0.375 e. The van der Waals surface area contributed by atoms with Crippen LogP contribution in [0.15, 0.2) is 11.3 Å². The lowest BCUT2D eigenvalue weighted by molar-refractivity contribution is 0.219. The molecular weight excluding hydrogens is 364 g/mol. The Bertz CT molecular complexity index is 485. The Kier molecular flexibility index (Phi) is 10.6. The quantitative estimate of drug-likeness (QED) is 0.451. The number of hydrogen-bond acceptors (Lipinski definition) is 7. The standard InChI is InChI=1S/C16H33NO6P2/c1-5-20-24(18,21-6-2)14-16(17-15-12-10-9-11-13-15)25(19,22-7-3)23-8-4/h14-15,17H,5-13H2,1-4H3/b16-14+. The van der Waals surface area contributed by atoms with E-state index in [-0.39, 0.29) is 37.9 Å². The minimum absolute atomic E-state index is 0.144. The SMILES string of the molecule is CCOP(=O)(/C=C(\NC1CCCCC1)P(=O)(OCC)OCC)OCC. The lowest BCUT2D eigenvalue weighted by Gasteiger charge is -2.29. The largest absolute Gasteiger partial charge is 0.377 e. The first-order valence-corrected chi connectivity index (χ1v) is 12.4. The van der Waals surface area contributed by atoms with E-state index in [0.717, 1.165) is 25.7 Å². The van der Waals surface area contributed by atoms with E-state index in [9.17, 15) is 9.13 Å². The van der Waals surface area contributed by atoms with Gasteiger partial charge in [0.25, 0.3) is 0 Å². The second-order valence-corrected chi connectivity index (χ2v) is 9.55. The predicted molar refractivity (Wildman–Crippen MR) is 99.8 cm³/mol. The van der Waals surface area contributed by atoms with Crippen LogP contribution in [-0.2, 0) is 27.2 Å². The Morgan fingerprint density at radius 2 is 1.36 bits per heavy atom. The van der Waals surface area contributed by atoms with Crippen LogP contribution in [0.2, 0.25) is 0 Å². The van der Waals surface area contributed by atoms with Gasteiger partial charge in [0.05, 0.1) is 32.2 Å². The van der Waals surface area contributed by atoms with Crippen molar-refractivity contribution in [3.63, 3.8) is 0 Å². The second kappa shape index (κ2) is 11.5. The van der Waals surface area contributed by atoms with Crippen LogP contribution < -0.4 is 5.32 Å². The summed E-state index contributed by atoms with van der Waals surface area (Å²) >= 11 is 0. The van der Waals surface area contributed by atoms with Gasteiger partial charge in [-0.15, -0.1) is 0 Å². The summed E-state index contributed by atoms with van der Waals surface area (Å²) in [6.07, 6.45) is 5.33. The fourth-order valence-electron chi connectivity index (χ4n) is 2.78. The molecule has 0 heterocycles. The van der Waals surface area contributed by atoms with Gasteiger partial charge in [0.2, 0.25) is 0 Å². The summed E-state index contributed by atoms with van der Waals surface area (Å²) in [4.78, 5) is 0. The monoisotopic (exact) mass is 397 g/mol. The molecule has 1 N–H and O–H groups in total. The van der Waals surface area contributed by atoms with Gasteiger partial charge in [0.1, 0.15) is 5.44 Å². The Morgan fingerprint density at radius 3 is 1.80 bits per heavy atom. The summed E-state index contributed by atoms with van der Waals surface area (Å²) in [5.74, 6) is 1.29. The van der Waals surface area contributed by atoms with Crippen molar-refractivity contribution in [2.24, 2.45) is 0 Å². The normalized spacial score (nSPS) is 17.7. The van der Waals surface area contributed by atoms with E-state index >= 15 is 0 Å². The Morgan fingerprint density at radius 1 is 0.880 bits per heavy atom. The van der Waals surface area contributed by atoms with Gasteiger partial charge in [-0.2, -0.15) is 0 Å². The first-order chi connectivity index (χ1) is 11.9. The van der Waals surface area contributed by atoms with E-state index in [1.54, 1.807) is 27.7 Å². The summed E-state index contributed by atoms with van der Waals surface area (Å²) in [5, 5.41) is 3.25. The molecule has 148 valence electrons. The third-order valence-corrected chi connectivity index (χ3v) is 7.81. The van der Waals surface area contributed by atoms with Crippen LogP contribution in [-0.4, -0.2) is 32.5 Å². The number of hydrogen-bond donors (Lipinski definition) is 1. The van der Waals surface area contributed by atoms with E-state index in [1.165, 1.54) is 12.2 Å². The highest BCUT2D eigenvalue weighted by Gasteiger charge is 2.35. The number of rotatable bonds is 12. The molecule has 0 aromatic carbocycles. The summed E-state index contributed by atoms with van der Waals surface area (Å²) < 4.78 is 47.7. The molecule has 0 bridgehead atoms. The highest BCUT2D eigenvalue weighted by atomic mass is 31.2. The van der Waals surface area contributed by atoms with Gasteiger partial charge in [-0.1, -0.05) is 19.3 Å². The molecule has 0 amide bonds. The Balaban J connectivity index is 3.20. The van der Waals surface area contributed by atoms with Gasteiger partial charge in [-0.05, 0) is 40.5 Å². The van der Waals surface area contributed by atoms with Gasteiger partial charge in [-0.3, -0.25) is 9.13 Å². The minimum Gasteiger partial charge on any atom is -0.375 e. The van der Waals surface area contributed by atoms with Crippen molar-refractivity contribution in [1.29, 1.82) is 0 Å². The van der Waals surface area contributed by atoms with Gasteiger partial charge in [0.15, 0.2) is 0 Å². The molecule has 0 atom stereocenters. The summed E-state index contributed by atoms with van der Waals surface area (Å²) in [7, 11) is -7.17. The van der Waals surface area contributed by atoms with Crippen LogP contribution in [0.1, 0.15) is 59.8 Å². The molecule has 0 aromatic heterocycles. The first kappa shape index (κ1) is 22.9. The Labute approximate surface area is 151 Å². The zero-order valence-corrected chi connectivity index (χ0v) is 17.7. The van der Waals surface area contributed by atoms with Crippen LogP contribution in [0.4, 0.5) is 0 Å². The molecule has 1 fully saturated rings. The average Bonchev–Trinajstić information content (AvgIpc) is 2.56. The third kappa shape index (κ3) is 7.54. The van der Waals surface area contributed by atoms with Crippen molar-refractivity contribution in [2.75, 3.05) is 26.4 Å². The maximum absolute atomic E-state index is 13.3. The summed E-state index contributed by atoms with van der Waals surface area (Å²) in [5.41, 5.74) is 0.188. The third-order valence-electron chi connectivity index (χ3n) is 3.75. The van der Waals surface area contributed by atoms with Gasteiger partial charge in [0, 0.05) is 6.04 Å². The lowest BCUT2D eigenvalue weighted by atomic mass is 9.96. The molecule has 1 aliphatic carbocycles. The van der Waals surface area contributed by atoms with Crippen LogP contribution in [0.5, 0.6) is 0 Å². The fraction of sp³-hybridized carbons (Fsp3) is 0.875. The van der Waals surface area contributed by atoms with Crippen molar-refractivity contribution < 1.29 is 27.2 Å². The topological polar surface area (TPSA) is 83.1 Å². The van der Waals surface area contributed by atoms with Crippen molar-refractivity contribution in [3.05, 3.63) is 11.3 Å². The highest BCUT2D eigenvalue weighted by Crippen LogP contribution is 2.60. The van der Waals surface area contributed by atoms with Crippen molar-refractivity contribution in [1.82, 2.24) is 5.32 Å². The van der Waals surface area contributed by atoms with Crippen LogP contribution in [0.25, 0.3) is 0 Å². The first-order valence-electron chi connectivity index (χ1n) is 9.20. The molecule has 0 saturated heterocycles. The van der Waals surface area contributed by atoms with Gasteiger partial charge >= 0.3 is 15.2 Å². The van der Waals surface area contributed by atoms with Gasteiger partial charge in [-0.25, -0.2) is 0 Å². The van der Waals surface area contributed by atoms with E-state index < -0.39 is 15.2 Å². The van der Waals surface area contributed by atoms with E-state index in [0.29, 0.717) is 0 Å². The maximum Gasteiger partial charge on any atom is 0.377 e. The molecule has 0 unspecified atom stereocenters. The van der Waals surface area contributed by atoms with E-state index in [2.05, 4.69) is 5.32 Å². The molecule has 9 heteroatoms. The molecule has 7 nitrogen and oxygen atoms in total. The zero-order chi connectivity index (χ0) is 18.8. The lowest BCUT2D eigenvalue weighted by Crippen LogP contribution is -2.31. The molecule has 25 heavy (non-hydrogen) atoms. The zero-order valence-electron chi connectivity index (χ0n) is 15.9. The maximum atomic E-state index is 13.3. The van der Waals surface area contributed by atoms with Crippen LogP contribution >= 0.6 is 15.2 Å². The minimum atomic E-state index is -3.62. The van der Waals surface area contributed by atoms with E-state index in [4.69, 9.17) is 18.1 Å². The highest BCUT2D eigenvalue weighted by molar-refractivity contribution is 7.62. The predicted octanol–water partition coefficient (Wildman–Crippen LogP) is 5.24. The van der Waals surface area contributed by atoms with Crippen molar-refractivity contribution in [3.8, 4) is 0 Å². The molecule has 0 aliphatic heterocycles. The van der Waals surface area contributed by atoms with Crippen molar-refractivity contribution in [2.45, 2.75) is 65.8 Å². The molecular formula is C16H33NO6P2. The summed E-state index contributed by atoms with van der Waals surface area (Å²) in [6, 6.07) is 0.144. The Hall–Kier alpha value is -0.160. The molecule has 0 radical (unpaired) electrons. The van der Waals surface area contributed by atoms with Gasteiger partial charge < -0.3 is 23.4 Å². The molecule has 1 aliphatic rings. The second-order valence-electron chi connectivity index (χ2n) is 5.70. The number of nitrogens with one attached hydrogen (secondary N) is 1. The van der Waals surface area contributed by atoms with Crippen LogP contribution in [0, 0.1) is 0 Å².